The van der Waals surface area contributed by atoms with E-state index in [1.807, 2.05) is 0 Å². The van der Waals surface area contributed by atoms with Crippen molar-refractivity contribution < 1.29 is 4.79 Å². The standard InChI is InChI=1S/C14H26N2O/c1-11(2)16-8-6-12(7-9-16)13-4-3-5-14(17)15-10-13/h11-13H,3-10H2,1-2H3,(H,15,17). The van der Waals surface area contributed by atoms with Gasteiger partial charge in [0.15, 0.2) is 0 Å². The van der Waals surface area contributed by atoms with Gasteiger partial charge in [0.2, 0.25) is 5.91 Å². The topological polar surface area (TPSA) is 32.3 Å². The van der Waals surface area contributed by atoms with Crippen LogP contribution in [-0.4, -0.2) is 36.5 Å². The van der Waals surface area contributed by atoms with E-state index in [2.05, 4.69) is 24.1 Å². The summed E-state index contributed by atoms with van der Waals surface area (Å²) in [6, 6.07) is 0.685. The lowest BCUT2D eigenvalue weighted by atomic mass is 9.81. The molecule has 1 N–H and O–H groups in total. The zero-order valence-electron chi connectivity index (χ0n) is 11.2. The summed E-state index contributed by atoms with van der Waals surface area (Å²) in [5.41, 5.74) is 0. The molecule has 0 aromatic rings. The van der Waals surface area contributed by atoms with Gasteiger partial charge in [-0.3, -0.25) is 4.79 Å². The summed E-state index contributed by atoms with van der Waals surface area (Å²) in [5.74, 6) is 1.83. The Kier molecular flexibility index (Phi) is 4.43. The first-order valence-corrected chi connectivity index (χ1v) is 7.17. The fourth-order valence-electron chi connectivity index (χ4n) is 3.27. The molecule has 17 heavy (non-hydrogen) atoms. The lowest BCUT2D eigenvalue weighted by Crippen LogP contribution is -2.41. The number of carbonyl (C=O) groups excluding carboxylic acids is 1. The predicted octanol–water partition coefficient (Wildman–Crippen LogP) is 2.02. The molecular weight excluding hydrogens is 212 g/mol. The minimum atomic E-state index is 0.257. The Balaban J connectivity index is 1.81. The third-order valence-corrected chi connectivity index (χ3v) is 4.51. The van der Waals surface area contributed by atoms with E-state index in [4.69, 9.17) is 0 Å². The second kappa shape index (κ2) is 5.85. The van der Waals surface area contributed by atoms with Crippen LogP contribution in [0.3, 0.4) is 0 Å². The Bertz CT molecular complexity index is 257. The average molecular weight is 238 g/mol. The highest BCUT2D eigenvalue weighted by Gasteiger charge is 2.28. The van der Waals surface area contributed by atoms with Gasteiger partial charge in [0.25, 0.3) is 0 Å². The smallest absolute Gasteiger partial charge is 0.220 e. The van der Waals surface area contributed by atoms with E-state index >= 15 is 0 Å². The first-order chi connectivity index (χ1) is 8.16. The molecule has 2 heterocycles. The van der Waals surface area contributed by atoms with E-state index in [-0.39, 0.29) is 5.91 Å². The van der Waals surface area contributed by atoms with Crippen LogP contribution in [0.1, 0.15) is 46.0 Å². The van der Waals surface area contributed by atoms with E-state index < -0.39 is 0 Å². The number of rotatable bonds is 2. The molecule has 1 amide bonds. The van der Waals surface area contributed by atoms with Crippen LogP contribution in [0.2, 0.25) is 0 Å². The number of nitrogens with zero attached hydrogens (tertiary/aromatic N) is 1. The highest BCUT2D eigenvalue weighted by atomic mass is 16.1. The zero-order valence-corrected chi connectivity index (χ0v) is 11.2. The fourth-order valence-corrected chi connectivity index (χ4v) is 3.27. The second-order valence-corrected chi connectivity index (χ2v) is 5.92. The van der Waals surface area contributed by atoms with E-state index in [1.54, 1.807) is 0 Å². The van der Waals surface area contributed by atoms with Crippen LogP contribution in [-0.2, 0) is 4.79 Å². The molecule has 1 unspecified atom stereocenters. The summed E-state index contributed by atoms with van der Waals surface area (Å²) < 4.78 is 0. The van der Waals surface area contributed by atoms with Crippen molar-refractivity contribution in [2.75, 3.05) is 19.6 Å². The summed E-state index contributed by atoms with van der Waals surface area (Å²) in [5, 5.41) is 3.07. The molecule has 0 radical (unpaired) electrons. The Morgan fingerprint density at radius 1 is 1.18 bits per heavy atom. The second-order valence-electron chi connectivity index (χ2n) is 5.92. The van der Waals surface area contributed by atoms with Gasteiger partial charge in [-0.05, 0) is 64.5 Å². The molecule has 3 heteroatoms. The number of nitrogens with one attached hydrogen (secondary N) is 1. The molecule has 1 atom stereocenters. The lowest BCUT2D eigenvalue weighted by molar-refractivity contribution is -0.120. The normalized spacial score (nSPS) is 29.1. The number of hydrogen-bond donors (Lipinski definition) is 1. The molecular formula is C14H26N2O. The number of amides is 1. The number of hydrogen-bond acceptors (Lipinski definition) is 2. The molecule has 3 nitrogen and oxygen atoms in total. The summed E-state index contributed by atoms with van der Waals surface area (Å²) in [6.07, 6.45) is 5.70. The summed E-state index contributed by atoms with van der Waals surface area (Å²) in [7, 11) is 0. The molecule has 0 saturated carbocycles. The SMILES string of the molecule is CC(C)N1CCC(C2CCCC(=O)NC2)CC1. The molecule has 0 aromatic heterocycles. The van der Waals surface area contributed by atoms with Crippen LogP contribution in [0.5, 0.6) is 0 Å². The Morgan fingerprint density at radius 3 is 2.53 bits per heavy atom. The van der Waals surface area contributed by atoms with Crippen LogP contribution in [0.15, 0.2) is 0 Å². The van der Waals surface area contributed by atoms with E-state index in [9.17, 15) is 4.79 Å². The van der Waals surface area contributed by atoms with Crippen molar-refractivity contribution in [2.45, 2.75) is 52.0 Å². The Hall–Kier alpha value is -0.570. The van der Waals surface area contributed by atoms with Gasteiger partial charge in [0, 0.05) is 19.0 Å². The minimum absolute atomic E-state index is 0.257. The molecule has 2 aliphatic rings. The van der Waals surface area contributed by atoms with Crippen LogP contribution in [0, 0.1) is 11.8 Å². The summed E-state index contributed by atoms with van der Waals surface area (Å²) >= 11 is 0. The van der Waals surface area contributed by atoms with Gasteiger partial charge in [0.1, 0.15) is 0 Å². The lowest BCUT2D eigenvalue weighted by Gasteiger charge is -2.37. The molecule has 2 rings (SSSR count). The Morgan fingerprint density at radius 2 is 1.88 bits per heavy atom. The van der Waals surface area contributed by atoms with Crippen molar-refractivity contribution >= 4 is 5.91 Å². The summed E-state index contributed by atoms with van der Waals surface area (Å²) in [6.45, 7) is 7.98. The molecule has 98 valence electrons. The van der Waals surface area contributed by atoms with Gasteiger partial charge >= 0.3 is 0 Å². The third-order valence-electron chi connectivity index (χ3n) is 4.51. The van der Waals surface area contributed by atoms with Crippen LogP contribution < -0.4 is 5.32 Å². The number of carbonyl (C=O) groups is 1. The van der Waals surface area contributed by atoms with Gasteiger partial charge in [0.05, 0.1) is 0 Å². The predicted molar refractivity (Wildman–Crippen MR) is 69.8 cm³/mol. The molecule has 0 aliphatic carbocycles. The zero-order chi connectivity index (χ0) is 12.3. The minimum Gasteiger partial charge on any atom is -0.356 e. The van der Waals surface area contributed by atoms with E-state index in [0.29, 0.717) is 6.04 Å². The largest absolute Gasteiger partial charge is 0.356 e. The molecule has 0 bridgehead atoms. The number of likely N-dealkylation sites (tertiary alicyclic amines) is 1. The maximum Gasteiger partial charge on any atom is 0.220 e. The Labute approximate surface area is 105 Å². The molecule has 0 aromatic carbocycles. The van der Waals surface area contributed by atoms with Crippen molar-refractivity contribution in [1.82, 2.24) is 10.2 Å². The van der Waals surface area contributed by atoms with Gasteiger partial charge in [-0.15, -0.1) is 0 Å². The van der Waals surface area contributed by atoms with Gasteiger partial charge in [-0.1, -0.05) is 0 Å². The van der Waals surface area contributed by atoms with Crippen LogP contribution >= 0.6 is 0 Å². The van der Waals surface area contributed by atoms with Crippen molar-refractivity contribution in [3.63, 3.8) is 0 Å². The van der Waals surface area contributed by atoms with Crippen molar-refractivity contribution in [2.24, 2.45) is 11.8 Å². The van der Waals surface area contributed by atoms with Gasteiger partial charge in [-0.2, -0.15) is 0 Å². The molecule has 0 spiro atoms. The van der Waals surface area contributed by atoms with E-state index in [1.165, 1.54) is 32.4 Å². The fraction of sp³-hybridized carbons (Fsp3) is 0.929. The van der Waals surface area contributed by atoms with Crippen molar-refractivity contribution in [3.05, 3.63) is 0 Å². The third kappa shape index (κ3) is 3.44. The van der Waals surface area contributed by atoms with E-state index in [0.717, 1.165) is 31.2 Å². The first-order valence-electron chi connectivity index (χ1n) is 7.17. The monoisotopic (exact) mass is 238 g/mol. The molecule has 2 aliphatic heterocycles. The maximum absolute atomic E-state index is 11.3. The van der Waals surface area contributed by atoms with Crippen LogP contribution in [0.4, 0.5) is 0 Å². The average Bonchev–Trinajstić information content (AvgIpc) is 2.54. The maximum atomic E-state index is 11.3. The molecule has 2 saturated heterocycles. The quantitative estimate of drug-likeness (QED) is 0.798. The number of piperidine rings is 1. The molecule has 2 fully saturated rings. The van der Waals surface area contributed by atoms with Crippen LogP contribution in [0.25, 0.3) is 0 Å². The summed E-state index contributed by atoms with van der Waals surface area (Å²) in [4.78, 5) is 13.9. The van der Waals surface area contributed by atoms with Crippen molar-refractivity contribution in [3.8, 4) is 0 Å². The highest BCUT2D eigenvalue weighted by molar-refractivity contribution is 5.76. The van der Waals surface area contributed by atoms with Gasteiger partial charge < -0.3 is 10.2 Å². The first kappa shape index (κ1) is 12.9. The van der Waals surface area contributed by atoms with Gasteiger partial charge in [-0.25, -0.2) is 0 Å². The highest BCUT2D eigenvalue weighted by Crippen LogP contribution is 2.30. The van der Waals surface area contributed by atoms with Crippen molar-refractivity contribution in [1.29, 1.82) is 0 Å².